The van der Waals surface area contributed by atoms with E-state index >= 15 is 0 Å². The van der Waals surface area contributed by atoms with Crippen molar-refractivity contribution in [1.29, 1.82) is 0 Å². The minimum atomic E-state index is -0.382. The third-order valence-electron chi connectivity index (χ3n) is 3.40. The van der Waals surface area contributed by atoms with Gasteiger partial charge in [0.25, 0.3) is 5.91 Å². The van der Waals surface area contributed by atoms with Crippen LogP contribution < -0.4 is 11.1 Å². The summed E-state index contributed by atoms with van der Waals surface area (Å²) in [7, 11) is 0. The van der Waals surface area contributed by atoms with Gasteiger partial charge in [0.1, 0.15) is 0 Å². The molecule has 0 spiro atoms. The number of aryl methyl sites for hydroxylation is 1. The highest BCUT2D eigenvalue weighted by Crippen LogP contribution is 2.18. The number of halogens is 1. The Kier molecular flexibility index (Phi) is 4.93. The maximum absolute atomic E-state index is 12.2. The number of nitrogens with one attached hydrogen (secondary N) is 1. The molecule has 1 rings (SSSR count). The highest BCUT2D eigenvalue weighted by Gasteiger charge is 2.28. The van der Waals surface area contributed by atoms with Crippen LogP contribution in [-0.2, 0) is 0 Å². The van der Waals surface area contributed by atoms with E-state index in [-0.39, 0.29) is 17.4 Å². The molecular weight excluding hydrogens is 292 g/mol. The van der Waals surface area contributed by atoms with Gasteiger partial charge in [-0.3, -0.25) is 4.79 Å². The molecule has 3 N–H and O–H groups in total. The highest BCUT2D eigenvalue weighted by atomic mass is 79.9. The Balaban J connectivity index is 2.94. The molecule has 0 saturated heterocycles. The van der Waals surface area contributed by atoms with Crippen molar-refractivity contribution in [3.63, 3.8) is 0 Å². The van der Waals surface area contributed by atoms with Crippen molar-refractivity contribution in [2.45, 2.75) is 33.2 Å². The Labute approximate surface area is 117 Å². The van der Waals surface area contributed by atoms with Crippen molar-refractivity contribution >= 4 is 21.8 Å². The number of carbonyl (C=O) groups excluding carboxylic acids is 1. The predicted octanol–water partition coefficient (Wildman–Crippen LogP) is 2.86. The lowest BCUT2D eigenvalue weighted by Gasteiger charge is -2.33. The standard InChI is InChI=1S/C14H21BrN2O/c1-9(2)14(4,8-16)17-13(18)11-5-10(3)6-12(15)7-11/h5-7,9H,8,16H2,1-4H3,(H,17,18). The van der Waals surface area contributed by atoms with Crippen LogP contribution in [0.4, 0.5) is 0 Å². The lowest BCUT2D eigenvalue weighted by molar-refractivity contribution is 0.0883. The average Bonchev–Trinajstić information content (AvgIpc) is 2.27. The molecule has 1 unspecified atom stereocenters. The monoisotopic (exact) mass is 312 g/mol. The second-order valence-electron chi connectivity index (χ2n) is 5.25. The van der Waals surface area contributed by atoms with Crippen molar-refractivity contribution < 1.29 is 4.79 Å². The molecule has 0 fully saturated rings. The third-order valence-corrected chi connectivity index (χ3v) is 3.86. The number of benzene rings is 1. The van der Waals surface area contributed by atoms with Gasteiger partial charge in [-0.1, -0.05) is 29.8 Å². The first-order chi connectivity index (χ1) is 8.28. The molecule has 0 aliphatic carbocycles. The zero-order valence-electron chi connectivity index (χ0n) is 11.4. The Morgan fingerprint density at radius 3 is 2.50 bits per heavy atom. The number of hydrogen-bond donors (Lipinski definition) is 2. The summed E-state index contributed by atoms with van der Waals surface area (Å²) in [5, 5.41) is 3.03. The molecule has 1 aromatic rings. The summed E-state index contributed by atoms with van der Waals surface area (Å²) in [5.74, 6) is 0.195. The fourth-order valence-corrected chi connectivity index (χ4v) is 2.24. The molecule has 1 aromatic carbocycles. The third kappa shape index (κ3) is 3.56. The minimum Gasteiger partial charge on any atom is -0.345 e. The highest BCUT2D eigenvalue weighted by molar-refractivity contribution is 9.10. The Morgan fingerprint density at radius 2 is 2.06 bits per heavy atom. The van der Waals surface area contributed by atoms with Crippen molar-refractivity contribution in [2.24, 2.45) is 11.7 Å². The van der Waals surface area contributed by atoms with Crippen LogP contribution in [0.1, 0.15) is 36.7 Å². The quantitative estimate of drug-likeness (QED) is 0.898. The van der Waals surface area contributed by atoms with E-state index in [4.69, 9.17) is 5.73 Å². The summed E-state index contributed by atoms with van der Waals surface area (Å²) in [5.41, 5.74) is 7.09. The van der Waals surface area contributed by atoms with E-state index in [0.717, 1.165) is 10.0 Å². The van der Waals surface area contributed by atoms with Crippen LogP contribution in [0.5, 0.6) is 0 Å². The van der Waals surface area contributed by atoms with Gasteiger partial charge < -0.3 is 11.1 Å². The SMILES string of the molecule is Cc1cc(Br)cc(C(=O)NC(C)(CN)C(C)C)c1. The largest absolute Gasteiger partial charge is 0.345 e. The normalized spacial score (nSPS) is 14.4. The van der Waals surface area contributed by atoms with Crippen molar-refractivity contribution in [2.75, 3.05) is 6.54 Å². The molecule has 100 valence electrons. The Hall–Kier alpha value is -0.870. The summed E-state index contributed by atoms with van der Waals surface area (Å²) < 4.78 is 0.909. The summed E-state index contributed by atoms with van der Waals surface area (Å²) in [6, 6.07) is 5.66. The van der Waals surface area contributed by atoms with Crippen LogP contribution >= 0.6 is 15.9 Å². The van der Waals surface area contributed by atoms with Crippen molar-refractivity contribution in [1.82, 2.24) is 5.32 Å². The van der Waals surface area contributed by atoms with Gasteiger partial charge in [0.05, 0.1) is 5.54 Å². The number of carbonyl (C=O) groups is 1. The second kappa shape index (κ2) is 5.85. The molecule has 1 atom stereocenters. The molecular formula is C14H21BrN2O. The summed E-state index contributed by atoms with van der Waals surface area (Å²) in [6.07, 6.45) is 0. The molecule has 18 heavy (non-hydrogen) atoms. The van der Waals surface area contributed by atoms with Gasteiger partial charge in [0, 0.05) is 16.6 Å². The van der Waals surface area contributed by atoms with Gasteiger partial charge in [-0.05, 0) is 43.5 Å². The van der Waals surface area contributed by atoms with E-state index in [1.165, 1.54) is 0 Å². The van der Waals surface area contributed by atoms with Gasteiger partial charge >= 0.3 is 0 Å². The summed E-state index contributed by atoms with van der Waals surface area (Å²) >= 11 is 3.40. The molecule has 0 aliphatic rings. The number of nitrogens with two attached hydrogens (primary N) is 1. The van der Waals surface area contributed by atoms with Crippen LogP contribution in [0.25, 0.3) is 0 Å². The van der Waals surface area contributed by atoms with Gasteiger partial charge in [-0.25, -0.2) is 0 Å². The van der Waals surface area contributed by atoms with Gasteiger partial charge in [-0.2, -0.15) is 0 Å². The first-order valence-electron chi connectivity index (χ1n) is 6.08. The van der Waals surface area contributed by atoms with Crippen molar-refractivity contribution in [3.8, 4) is 0 Å². The molecule has 0 saturated carbocycles. The van der Waals surface area contributed by atoms with Gasteiger partial charge in [-0.15, -0.1) is 0 Å². The van der Waals surface area contributed by atoms with Crippen LogP contribution in [-0.4, -0.2) is 18.0 Å². The Morgan fingerprint density at radius 1 is 1.44 bits per heavy atom. The molecule has 0 bridgehead atoms. The van der Waals surface area contributed by atoms with Gasteiger partial charge in [0.2, 0.25) is 0 Å². The molecule has 0 aliphatic heterocycles. The maximum atomic E-state index is 12.2. The zero-order valence-corrected chi connectivity index (χ0v) is 13.0. The average molecular weight is 313 g/mol. The molecule has 0 aromatic heterocycles. The van der Waals surface area contributed by atoms with E-state index in [1.54, 1.807) is 0 Å². The molecule has 4 heteroatoms. The first kappa shape index (κ1) is 15.2. The van der Waals surface area contributed by atoms with E-state index in [1.807, 2.05) is 32.0 Å². The Bertz CT molecular complexity index is 425. The van der Waals surface area contributed by atoms with Crippen LogP contribution in [0, 0.1) is 12.8 Å². The van der Waals surface area contributed by atoms with Crippen LogP contribution in [0.15, 0.2) is 22.7 Å². The number of hydrogen-bond acceptors (Lipinski definition) is 2. The number of amides is 1. The summed E-state index contributed by atoms with van der Waals surface area (Å²) in [6.45, 7) is 8.47. The smallest absolute Gasteiger partial charge is 0.251 e. The topological polar surface area (TPSA) is 55.1 Å². The maximum Gasteiger partial charge on any atom is 0.251 e. The summed E-state index contributed by atoms with van der Waals surface area (Å²) in [4.78, 5) is 12.2. The molecule has 1 amide bonds. The molecule has 0 radical (unpaired) electrons. The van der Waals surface area contributed by atoms with E-state index < -0.39 is 0 Å². The van der Waals surface area contributed by atoms with E-state index in [9.17, 15) is 4.79 Å². The zero-order chi connectivity index (χ0) is 13.9. The predicted molar refractivity (Wildman–Crippen MR) is 78.6 cm³/mol. The fraction of sp³-hybridized carbons (Fsp3) is 0.500. The van der Waals surface area contributed by atoms with E-state index in [2.05, 4.69) is 35.1 Å². The molecule has 0 heterocycles. The van der Waals surface area contributed by atoms with Crippen molar-refractivity contribution in [3.05, 3.63) is 33.8 Å². The first-order valence-corrected chi connectivity index (χ1v) is 6.87. The van der Waals surface area contributed by atoms with Gasteiger partial charge in [0.15, 0.2) is 0 Å². The second-order valence-corrected chi connectivity index (χ2v) is 6.16. The lowest BCUT2D eigenvalue weighted by atomic mass is 9.88. The molecule has 3 nitrogen and oxygen atoms in total. The minimum absolute atomic E-state index is 0.0824. The lowest BCUT2D eigenvalue weighted by Crippen LogP contribution is -2.55. The van der Waals surface area contributed by atoms with Crippen LogP contribution in [0.3, 0.4) is 0 Å². The van der Waals surface area contributed by atoms with E-state index in [0.29, 0.717) is 12.1 Å². The number of rotatable bonds is 4. The van der Waals surface area contributed by atoms with Crippen LogP contribution in [0.2, 0.25) is 0 Å². The fourth-order valence-electron chi connectivity index (χ4n) is 1.63.